The van der Waals surface area contributed by atoms with Gasteiger partial charge in [0.05, 0.1) is 35.5 Å². The van der Waals surface area contributed by atoms with Crippen LogP contribution in [-0.4, -0.2) is 48.1 Å². The number of ether oxygens (including phenoxy) is 2. The van der Waals surface area contributed by atoms with Gasteiger partial charge in [0.25, 0.3) is 0 Å². The van der Waals surface area contributed by atoms with Crippen LogP contribution < -0.4 is 5.32 Å². The second-order valence-electron chi connectivity index (χ2n) is 6.35. The maximum Gasteiger partial charge on any atom is 0.165 e. The van der Waals surface area contributed by atoms with Gasteiger partial charge in [0, 0.05) is 36.6 Å². The molecule has 6 nitrogen and oxygen atoms in total. The van der Waals surface area contributed by atoms with Gasteiger partial charge in [-0.25, -0.2) is 4.98 Å². The van der Waals surface area contributed by atoms with E-state index < -0.39 is 0 Å². The first kappa shape index (κ1) is 19.9. The van der Waals surface area contributed by atoms with Gasteiger partial charge in [-0.3, -0.25) is 0 Å². The molecule has 0 bridgehead atoms. The van der Waals surface area contributed by atoms with Gasteiger partial charge in [-0.2, -0.15) is 9.61 Å². The predicted octanol–water partition coefficient (Wildman–Crippen LogP) is 4.39. The number of nitrogens with zero attached hydrogens (tertiary/aromatic N) is 3. The summed E-state index contributed by atoms with van der Waals surface area (Å²) >= 11 is 12.5. The first-order valence-electron chi connectivity index (χ1n) is 8.51. The molecule has 0 aliphatic heterocycles. The number of aromatic nitrogens is 3. The first-order valence-corrected chi connectivity index (χ1v) is 9.27. The Hall–Kier alpha value is -1.86. The first-order chi connectivity index (χ1) is 12.9. The molecule has 3 rings (SSSR count). The molecule has 0 radical (unpaired) electrons. The van der Waals surface area contributed by atoms with E-state index in [1.54, 1.807) is 24.8 Å². The van der Waals surface area contributed by atoms with E-state index in [0.717, 1.165) is 34.0 Å². The summed E-state index contributed by atoms with van der Waals surface area (Å²) < 4.78 is 12.3. The maximum absolute atomic E-state index is 6.44. The Morgan fingerprint density at radius 2 is 1.81 bits per heavy atom. The monoisotopic (exact) mass is 408 g/mol. The quantitative estimate of drug-likeness (QED) is 0.627. The summed E-state index contributed by atoms with van der Waals surface area (Å²) in [4.78, 5) is 4.70. The van der Waals surface area contributed by atoms with Crippen LogP contribution in [0.15, 0.2) is 24.3 Å². The molecule has 1 N–H and O–H groups in total. The molecule has 2 heterocycles. The molecule has 3 aromatic rings. The molecule has 0 aliphatic rings. The highest BCUT2D eigenvalue weighted by Crippen LogP contribution is 2.35. The molecule has 0 atom stereocenters. The summed E-state index contributed by atoms with van der Waals surface area (Å²) in [5, 5.41) is 9.28. The van der Waals surface area contributed by atoms with Crippen LogP contribution in [0, 0.1) is 13.8 Å². The fourth-order valence-electron chi connectivity index (χ4n) is 3.10. The molecule has 8 heteroatoms. The lowest BCUT2D eigenvalue weighted by Crippen LogP contribution is -2.30. The molecular formula is C19H22Cl2N4O2. The van der Waals surface area contributed by atoms with Gasteiger partial charge in [0.15, 0.2) is 5.65 Å². The van der Waals surface area contributed by atoms with Gasteiger partial charge in [-0.1, -0.05) is 29.3 Å². The standard InChI is InChI=1S/C19H22Cl2N4O2/c1-11-7-17(23-14(9-26-3)10-27-4)25-19(22-11)18(12(2)24-25)15-6-5-13(20)8-16(15)21/h5-8,14,23H,9-10H2,1-4H3. The van der Waals surface area contributed by atoms with E-state index in [0.29, 0.717) is 23.3 Å². The fraction of sp³-hybridized carbons (Fsp3) is 0.368. The summed E-state index contributed by atoms with van der Waals surface area (Å²) in [5.41, 5.74) is 4.16. The molecule has 1 aromatic carbocycles. The topological polar surface area (TPSA) is 60.7 Å². The van der Waals surface area contributed by atoms with Crippen molar-refractivity contribution in [3.8, 4) is 11.1 Å². The third kappa shape index (κ3) is 4.19. The number of aryl methyl sites for hydroxylation is 2. The zero-order valence-electron chi connectivity index (χ0n) is 15.7. The minimum absolute atomic E-state index is 0.0166. The average Bonchev–Trinajstić information content (AvgIpc) is 2.92. The van der Waals surface area contributed by atoms with Crippen LogP contribution in [0.3, 0.4) is 0 Å². The van der Waals surface area contributed by atoms with Crippen molar-refractivity contribution in [2.45, 2.75) is 19.9 Å². The molecule has 144 valence electrons. The lowest BCUT2D eigenvalue weighted by atomic mass is 10.1. The zero-order chi connectivity index (χ0) is 19.6. The number of fused-ring (bicyclic) bond motifs is 1. The van der Waals surface area contributed by atoms with Crippen molar-refractivity contribution in [3.05, 3.63) is 45.7 Å². The van der Waals surface area contributed by atoms with E-state index in [4.69, 9.17) is 37.7 Å². The minimum atomic E-state index is -0.0166. The molecule has 0 fully saturated rings. The van der Waals surface area contributed by atoms with Crippen LogP contribution in [0.5, 0.6) is 0 Å². The molecule has 0 spiro atoms. The number of nitrogens with one attached hydrogen (secondary N) is 1. The Kier molecular flexibility index (Phi) is 6.22. The number of halogens is 2. The van der Waals surface area contributed by atoms with E-state index in [2.05, 4.69) is 10.4 Å². The van der Waals surface area contributed by atoms with E-state index in [1.165, 1.54) is 0 Å². The maximum atomic E-state index is 6.44. The minimum Gasteiger partial charge on any atom is -0.382 e. The van der Waals surface area contributed by atoms with Crippen LogP contribution in [0.2, 0.25) is 10.0 Å². The summed E-state index contributed by atoms with van der Waals surface area (Å²) in [6, 6.07) is 7.37. The normalized spacial score (nSPS) is 11.5. The van der Waals surface area contributed by atoms with Crippen LogP contribution in [0.4, 0.5) is 5.82 Å². The van der Waals surface area contributed by atoms with Crippen molar-refractivity contribution in [2.75, 3.05) is 32.8 Å². The van der Waals surface area contributed by atoms with Crippen molar-refractivity contribution in [3.63, 3.8) is 0 Å². The predicted molar refractivity (Wildman–Crippen MR) is 109 cm³/mol. The number of hydrogen-bond donors (Lipinski definition) is 1. The van der Waals surface area contributed by atoms with Crippen molar-refractivity contribution in [1.82, 2.24) is 14.6 Å². The molecule has 0 saturated heterocycles. The Labute approximate surface area is 168 Å². The Balaban J connectivity index is 2.13. The highest BCUT2D eigenvalue weighted by Gasteiger charge is 2.19. The molecule has 0 saturated carbocycles. The van der Waals surface area contributed by atoms with Crippen molar-refractivity contribution >= 4 is 34.7 Å². The van der Waals surface area contributed by atoms with E-state index in [1.807, 2.05) is 32.0 Å². The molecule has 0 aliphatic carbocycles. The third-order valence-electron chi connectivity index (χ3n) is 4.18. The second-order valence-corrected chi connectivity index (χ2v) is 7.20. The lowest BCUT2D eigenvalue weighted by Gasteiger charge is -2.19. The van der Waals surface area contributed by atoms with E-state index in [-0.39, 0.29) is 6.04 Å². The summed E-state index contributed by atoms with van der Waals surface area (Å²) in [6.45, 7) is 4.90. The third-order valence-corrected chi connectivity index (χ3v) is 4.73. The second kappa shape index (κ2) is 8.44. The van der Waals surface area contributed by atoms with Gasteiger partial charge in [0.2, 0.25) is 0 Å². The Bertz CT molecular complexity index is 953. The van der Waals surface area contributed by atoms with Crippen LogP contribution in [0.25, 0.3) is 16.8 Å². The Morgan fingerprint density at radius 3 is 2.44 bits per heavy atom. The Morgan fingerprint density at radius 1 is 1.11 bits per heavy atom. The van der Waals surface area contributed by atoms with Gasteiger partial charge in [0.1, 0.15) is 5.82 Å². The van der Waals surface area contributed by atoms with Gasteiger partial charge < -0.3 is 14.8 Å². The van der Waals surface area contributed by atoms with Gasteiger partial charge in [-0.05, 0) is 26.0 Å². The fourth-order valence-corrected chi connectivity index (χ4v) is 3.60. The molecular weight excluding hydrogens is 387 g/mol. The number of benzene rings is 1. The number of methoxy groups -OCH3 is 2. The van der Waals surface area contributed by atoms with E-state index >= 15 is 0 Å². The zero-order valence-corrected chi connectivity index (χ0v) is 17.2. The SMILES string of the molecule is COCC(COC)Nc1cc(C)nc2c(-c3ccc(Cl)cc3Cl)c(C)nn12. The van der Waals surface area contributed by atoms with Crippen molar-refractivity contribution in [2.24, 2.45) is 0 Å². The summed E-state index contributed by atoms with van der Waals surface area (Å²) in [6.07, 6.45) is 0. The molecule has 0 unspecified atom stereocenters. The number of anilines is 1. The highest BCUT2D eigenvalue weighted by atomic mass is 35.5. The molecule has 27 heavy (non-hydrogen) atoms. The summed E-state index contributed by atoms with van der Waals surface area (Å²) in [5.74, 6) is 0.816. The van der Waals surface area contributed by atoms with Gasteiger partial charge in [-0.15, -0.1) is 0 Å². The van der Waals surface area contributed by atoms with Crippen LogP contribution in [-0.2, 0) is 9.47 Å². The van der Waals surface area contributed by atoms with Crippen LogP contribution in [0.1, 0.15) is 11.4 Å². The van der Waals surface area contributed by atoms with Gasteiger partial charge >= 0.3 is 0 Å². The average molecular weight is 409 g/mol. The lowest BCUT2D eigenvalue weighted by molar-refractivity contribution is 0.126. The summed E-state index contributed by atoms with van der Waals surface area (Å²) in [7, 11) is 3.33. The highest BCUT2D eigenvalue weighted by molar-refractivity contribution is 6.36. The van der Waals surface area contributed by atoms with Crippen molar-refractivity contribution < 1.29 is 9.47 Å². The molecule has 0 amide bonds. The largest absolute Gasteiger partial charge is 0.382 e. The smallest absolute Gasteiger partial charge is 0.165 e. The number of rotatable bonds is 7. The van der Waals surface area contributed by atoms with E-state index in [9.17, 15) is 0 Å². The van der Waals surface area contributed by atoms with Crippen LogP contribution >= 0.6 is 23.2 Å². The van der Waals surface area contributed by atoms with Crippen molar-refractivity contribution in [1.29, 1.82) is 0 Å². The number of hydrogen-bond acceptors (Lipinski definition) is 5. The molecule has 2 aromatic heterocycles.